The zero-order valence-electron chi connectivity index (χ0n) is 14.4. The second kappa shape index (κ2) is 6.65. The number of amides is 1. The van der Waals surface area contributed by atoms with Crippen molar-refractivity contribution in [1.82, 2.24) is 4.90 Å². The van der Waals surface area contributed by atoms with Crippen LogP contribution in [0.25, 0.3) is 0 Å². The summed E-state index contributed by atoms with van der Waals surface area (Å²) in [7, 11) is 0. The fourth-order valence-electron chi connectivity index (χ4n) is 3.24. The molecule has 0 saturated carbocycles. The molecule has 0 radical (unpaired) electrons. The molecule has 140 valence electrons. The molecular weight excluding hydrogens is 339 g/mol. The van der Waals surface area contributed by atoms with Crippen LogP contribution in [0.3, 0.4) is 0 Å². The summed E-state index contributed by atoms with van der Waals surface area (Å²) in [5, 5.41) is 9.50. The van der Waals surface area contributed by atoms with Crippen molar-refractivity contribution in [2.45, 2.75) is 45.5 Å². The van der Waals surface area contributed by atoms with Gasteiger partial charge in [-0.05, 0) is 42.5 Å². The number of alkyl halides is 3. The first-order chi connectivity index (χ1) is 11.4. The fourth-order valence-corrected chi connectivity index (χ4v) is 3.24. The van der Waals surface area contributed by atoms with E-state index in [1.165, 1.54) is 17.0 Å². The molecule has 1 aliphatic heterocycles. The van der Waals surface area contributed by atoms with Crippen LogP contribution in [0.5, 0.6) is 11.5 Å². The summed E-state index contributed by atoms with van der Waals surface area (Å²) in [5.74, 6) is 0.0220. The lowest BCUT2D eigenvalue weighted by Crippen LogP contribution is -2.58. The summed E-state index contributed by atoms with van der Waals surface area (Å²) in [4.78, 5) is 13.0. The van der Waals surface area contributed by atoms with Crippen LogP contribution in [0.15, 0.2) is 24.3 Å². The molecule has 1 amide bonds. The van der Waals surface area contributed by atoms with Crippen LogP contribution in [-0.2, 0) is 0 Å². The maximum absolute atomic E-state index is 12.2. The van der Waals surface area contributed by atoms with E-state index in [0.29, 0.717) is 18.7 Å². The Morgan fingerprint density at radius 1 is 1.20 bits per heavy atom. The van der Waals surface area contributed by atoms with Crippen molar-refractivity contribution in [2.24, 2.45) is 5.41 Å². The Hall–Kier alpha value is -2.12. The molecule has 1 aromatic rings. The molecule has 5 nitrogen and oxygen atoms in total. The number of hydrogen-bond donors (Lipinski definition) is 1. The van der Waals surface area contributed by atoms with Crippen molar-refractivity contribution in [3.8, 4) is 11.5 Å². The van der Waals surface area contributed by atoms with Gasteiger partial charge in [0.2, 0.25) is 0 Å². The van der Waals surface area contributed by atoms with Crippen molar-refractivity contribution in [2.75, 3.05) is 13.2 Å². The number of rotatable bonds is 4. The average Bonchev–Trinajstić information content (AvgIpc) is 2.90. The number of hydrogen-bond acceptors (Lipinski definition) is 3. The van der Waals surface area contributed by atoms with Gasteiger partial charge < -0.3 is 14.6 Å². The molecule has 1 saturated heterocycles. The summed E-state index contributed by atoms with van der Waals surface area (Å²) in [6.45, 7) is 6.43. The highest BCUT2D eigenvalue weighted by Crippen LogP contribution is 2.44. The molecule has 1 unspecified atom stereocenters. The Labute approximate surface area is 144 Å². The molecule has 0 bridgehead atoms. The van der Waals surface area contributed by atoms with Crippen LogP contribution in [0.4, 0.5) is 18.0 Å². The minimum Gasteiger partial charge on any atom is -0.491 e. The Balaban J connectivity index is 2.13. The lowest BCUT2D eigenvalue weighted by molar-refractivity contribution is -0.274. The predicted octanol–water partition coefficient (Wildman–Crippen LogP) is 4.52. The molecule has 2 rings (SSSR count). The first-order valence-electron chi connectivity index (χ1n) is 7.94. The summed E-state index contributed by atoms with van der Waals surface area (Å²) >= 11 is 0. The Morgan fingerprint density at radius 3 is 2.24 bits per heavy atom. The Kier molecular flexibility index (Phi) is 5.11. The van der Waals surface area contributed by atoms with Gasteiger partial charge >= 0.3 is 12.5 Å². The lowest BCUT2D eigenvalue weighted by Gasteiger charge is -2.46. The van der Waals surface area contributed by atoms with Gasteiger partial charge in [0.25, 0.3) is 0 Å². The van der Waals surface area contributed by atoms with Gasteiger partial charge in [0, 0.05) is 6.54 Å². The van der Waals surface area contributed by atoms with Crippen LogP contribution >= 0.6 is 0 Å². The van der Waals surface area contributed by atoms with Gasteiger partial charge in [0.05, 0.1) is 5.54 Å². The third-order valence-corrected chi connectivity index (χ3v) is 4.65. The number of carbonyl (C=O) groups is 1. The standard InChI is InChI=1S/C17H22F3NO4/c1-15(2,3)16(9-4-10-21(16)14(22)23)11-24-12-5-7-13(8-6-12)25-17(18,19)20/h5-8H,4,9-11H2,1-3H3,(H,22,23). The van der Waals surface area contributed by atoms with Crippen molar-refractivity contribution in [1.29, 1.82) is 0 Å². The molecule has 1 N–H and O–H groups in total. The van der Waals surface area contributed by atoms with E-state index in [1.807, 2.05) is 20.8 Å². The third-order valence-electron chi connectivity index (χ3n) is 4.65. The highest BCUT2D eigenvalue weighted by molar-refractivity contribution is 5.67. The molecule has 1 aromatic carbocycles. The summed E-state index contributed by atoms with van der Waals surface area (Å²) in [6, 6.07) is 5.07. The van der Waals surface area contributed by atoms with E-state index < -0.39 is 18.0 Å². The molecule has 0 aromatic heterocycles. The van der Waals surface area contributed by atoms with Crippen molar-refractivity contribution in [3.05, 3.63) is 24.3 Å². The molecule has 1 atom stereocenters. The maximum Gasteiger partial charge on any atom is 0.573 e. The van der Waals surface area contributed by atoms with Crippen molar-refractivity contribution >= 4 is 6.09 Å². The van der Waals surface area contributed by atoms with Crippen molar-refractivity contribution < 1.29 is 32.5 Å². The van der Waals surface area contributed by atoms with E-state index in [-0.39, 0.29) is 17.8 Å². The number of nitrogens with zero attached hydrogens (tertiary/aromatic N) is 1. The zero-order chi connectivity index (χ0) is 18.9. The highest BCUT2D eigenvalue weighted by Gasteiger charge is 2.52. The van der Waals surface area contributed by atoms with E-state index in [2.05, 4.69) is 4.74 Å². The molecular formula is C17H22F3NO4. The first-order valence-corrected chi connectivity index (χ1v) is 7.94. The van der Waals surface area contributed by atoms with E-state index in [1.54, 1.807) is 0 Å². The quantitative estimate of drug-likeness (QED) is 0.856. The van der Waals surface area contributed by atoms with Gasteiger partial charge in [-0.3, -0.25) is 4.90 Å². The van der Waals surface area contributed by atoms with E-state index in [4.69, 9.17) is 4.74 Å². The van der Waals surface area contributed by atoms with Gasteiger partial charge in [0.1, 0.15) is 18.1 Å². The van der Waals surface area contributed by atoms with E-state index in [0.717, 1.165) is 18.6 Å². The molecule has 0 aliphatic carbocycles. The minimum absolute atomic E-state index is 0.127. The summed E-state index contributed by atoms with van der Waals surface area (Å²) < 4.78 is 46.1. The molecule has 1 fully saturated rings. The van der Waals surface area contributed by atoms with E-state index in [9.17, 15) is 23.1 Å². The van der Waals surface area contributed by atoms with Crippen LogP contribution in [-0.4, -0.2) is 41.2 Å². The molecule has 1 aliphatic rings. The van der Waals surface area contributed by atoms with Gasteiger partial charge in [-0.25, -0.2) is 4.79 Å². The van der Waals surface area contributed by atoms with Crippen LogP contribution < -0.4 is 9.47 Å². The third kappa shape index (κ3) is 4.29. The normalized spacial score (nSPS) is 21.3. The number of benzene rings is 1. The molecule has 0 spiro atoms. The number of carboxylic acid groups (broad SMARTS) is 1. The Bertz CT molecular complexity index is 610. The van der Waals surface area contributed by atoms with Gasteiger partial charge in [-0.1, -0.05) is 20.8 Å². The summed E-state index contributed by atoms with van der Waals surface area (Å²) in [6.07, 6.45) is -4.33. The second-order valence-electron chi connectivity index (χ2n) is 7.13. The van der Waals surface area contributed by atoms with Gasteiger partial charge in [0.15, 0.2) is 0 Å². The van der Waals surface area contributed by atoms with Crippen LogP contribution in [0, 0.1) is 5.41 Å². The zero-order valence-corrected chi connectivity index (χ0v) is 14.4. The van der Waals surface area contributed by atoms with Crippen LogP contribution in [0.2, 0.25) is 0 Å². The molecule has 25 heavy (non-hydrogen) atoms. The molecule has 8 heteroatoms. The smallest absolute Gasteiger partial charge is 0.491 e. The highest BCUT2D eigenvalue weighted by atomic mass is 19.4. The first kappa shape index (κ1) is 19.2. The average molecular weight is 361 g/mol. The largest absolute Gasteiger partial charge is 0.573 e. The lowest BCUT2D eigenvalue weighted by atomic mass is 9.72. The van der Waals surface area contributed by atoms with Gasteiger partial charge in [-0.15, -0.1) is 13.2 Å². The topological polar surface area (TPSA) is 59.0 Å². The number of halogens is 3. The van der Waals surface area contributed by atoms with Crippen LogP contribution in [0.1, 0.15) is 33.6 Å². The second-order valence-corrected chi connectivity index (χ2v) is 7.13. The van der Waals surface area contributed by atoms with E-state index >= 15 is 0 Å². The fraction of sp³-hybridized carbons (Fsp3) is 0.588. The molecule has 1 heterocycles. The SMILES string of the molecule is CC(C)(C)C1(COc2ccc(OC(F)(F)F)cc2)CCCN1C(=O)O. The maximum atomic E-state index is 12.2. The number of likely N-dealkylation sites (tertiary alicyclic amines) is 1. The summed E-state index contributed by atoms with van der Waals surface area (Å²) in [5.41, 5.74) is -1.05. The minimum atomic E-state index is -4.75. The Morgan fingerprint density at radius 2 is 1.76 bits per heavy atom. The number of ether oxygens (including phenoxy) is 2. The monoisotopic (exact) mass is 361 g/mol. The van der Waals surface area contributed by atoms with Crippen molar-refractivity contribution in [3.63, 3.8) is 0 Å². The predicted molar refractivity (Wildman–Crippen MR) is 84.8 cm³/mol. The van der Waals surface area contributed by atoms with Gasteiger partial charge in [-0.2, -0.15) is 0 Å².